The lowest BCUT2D eigenvalue weighted by Gasteiger charge is -2.12. The van der Waals surface area contributed by atoms with Crippen molar-refractivity contribution in [1.29, 1.82) is 0 Å². The lowest BCUT2D eigenvalue weighted by Crippen LogP contribution is -2.28. The second-order valence-electron chi connectivity index (χ2n) is 5.30. The summed E-state index contributed by atoms with van der Waals surface area (Å²) in [6.45, 7) is 2.05. The van der Waals surface area contributed by atoms with Gasteiger partial charge in [-0.1, -0.05) is 11.6 Å². The van der Waals surface area contributed by atoms with Crippen molar-refractivity contribution in [2.45, 2.75) is 31.8 Å². The third kappa shape index (κ3) is 5.39. The average molecular weight is 327 g/mol. The monoisotopic (exact) mass is 326 g/mol. The molecule has 0 spiro atoms. The molecule has 0 aromatic heterocycles. The maximum Gasteiger partial charge on any atom is 0.221 e. The summed E-state index contributed by atoms with van der Waals surface area (Å²) in [7, 11) is 1.60. The van der Waals surface area contributed by atoms with Crippen molar-refractivity contribution in [2.75, 3.05) is 32.1 Å². The molecular weight excluding hydrogens is 304 g/mol. The van der Waals surface area contributed by atoms with Crippen molar-refractivity contribution in [2.24, 2.45) is 0 Å². The van der Waals surface area contributed by atoms with Gasteiger partial charge in [0.15, 0.2) is 0 Å². The summed E-state index contributed by atoms with van der Waals surface area (Å²) in [4.78, 5) is 11.8. The molecule has 1 aliphatic rings. The molecule has 1 fully saturated rings. The van der Waals surface area contributed by atoms with E-state index in [1.165, 1.54) is 0 Å². The van der Waals surface area contributed by atoms with Gasteiger partial charge in [0.25, 0.3) is 0 Å². The van der Waals surface area contributed by atoms with Gasteiger partial charge in [-0.3, -0.25) is 4.79 Å². The molecule has 1 heterocycles. The summed E-state index contributed by atoms with van der Waals surface area (Å²) in [5.41, 5.74) is 0.794. The molecule has 1 aliphatic heterocycles. The highest BCUT2D eigenvalue weighted by Gasteiger charge is 2.15. The third-order valence-corrected chi connectivity index (χ3v) is 3.88. The molecule has 2 rings (SSSR count). The normalized spacial score (nSPS) is 17.3. The smallest absolute Gasteiger partial charge is 0.221 e. The molecule has 1 aromatic carbocycles. The van der Waals surface area contributed by atoms with Crippen LogP contribution in [0.5, 0.6) is 5.75 Å². The maximum atomic E-state index is 11.8. The van der Waals surface area contributed by atoms with Crippen molar-refractivity contribution in [3.05, 3.63) is 23.2 Å². The summed E-state index contributed by atoms with van der Waals surface area (Å²) in [5.74, 6) is 0.745. The Bertz CT molecular complexity index is 490. The van der Waals surface area contributed by atoms with Crippen molar-refractivity contribution in [1.82, 2.24) is 5.32 Å². The zero-order valence-electron chi connectivity index (χ0n) is 12.9. The molecular formula is C16H23ClN2O3. The first kappa shape index (κ1) is 16.9. The number of hydrogen-bond acceptors (Lipinski definition) is 4. The van der Waals surface area contributed by atoms with Gasteiger partial charge in [-0.15, -0.1) is 0 Å². The average Bonchev–Trinajstić information content (AvgIpc) is 3.01. The quantitative estimate of drug-likeness (QED) is 0.771. The van der Waals surface area contributed by atoms with Crippen molar-refractivity contribution >= 4 is 23.2 Å². The first-order valence-corrected chi connectivity index (χ1v) is 8.02. The number of anilines is 1. The zero-order chi connectivity index (χ0) is 15.8. The molecule has 22 heavy (non-hydrogen) atoms. The van der Waals surface area contributed by atoms with Crippen LogP contribution in [0.4, 0.5) is 5.69 Å². The topological polar surface area (TPSA) is 59.6 Å². The Labute approximate surface area is 136 Å². The number of carbonyl (C=O) groups excluding carboxylic acids is 1. The van der Waals surface area contributed by atoms with E-state index in [0.29, 0.717) is 36.4 Å². The summed E-state index contributed by atoms with van der Waals surface area (Å²) in [6, 6.07) is 5.35. The van der Waals surface area contributed by atoms with Crippen LogP contribution in [0, 0.1) is 0 Å². The van der Waals surface area contributed by atoms with E-state index in [1.54, 1.807) is 25.3 Å². The molecule has 1 saturated heterocycles. The fourth-order valence-corrected chi connectivity index (χ4v) is 2.63. The molecule has 0 bridgehead atoms. The Hall–Kier alpha value is -1.46. The molecule has 5 nitrogen and oxygen atoms in total. The number of hydrogen-bond donors (Lipinski definition) is 2. The van der Waals surface area contributed by atoms with Crippen LogP contribution in [-0.2, 0) is 9.53 Å². The molecule has 2 N–H and O–H groups in total. The van der Waals surface area contributed by atoms with Gasteiger partial charge in [-0.25, -0.2) is 0 Å². The van der Waals surface area contributed by atoms with E-state index in [1.807, 2.05) is 0 Å². The Morgan fingerprint density at radius 1 is 1.45 bits per heavy atom. The number of rotatable bonds is 8. The number of carbonyl (C=O) groups is 1. The highest BCUT2D eigenvalue weighted by molar-refractivity contribution is 6.30. The summed E-state index contributed by atoms with van der Waals surface area (Å²) in [6.07, 6.45) is 3.84. The van der Waals surface area contributed by atoms with Crippen LogP contribution in [0.3, 0.4) is 0 Å². The number of benzene rings is 1. The predicted octanol–water partition coefficient (Wildman–Crippen LogP) is 2.84. The van der Waals surface area contributed by atoms with Crippen molar-refractivity contribution in [3.8, 4) is 5.75 Å². The molecule has 122 valence electrons. The Balaban J connectivity index is 1.65. The van der Waals surface area contributed by atoms with Crippen LogP contribution in [-0.4, -0.2) is 38.8 Å². The fraction of sp³-hybridized carbons (Fsp3) is 0.562. The zero-order valence-corrected chi connectivity index (χ0v) is 13.6. The number of halogens is 1. The van der Waals surface area contributed by atoms with Gasteiger partial charge < -0.3 is 20.1 Å². The number of ether oxygens (including phenoxy) is 2. The maximum absolute atomic E-state index is 11.8. The number of nitrogens with one attached hydrogen (secondary N) is 2. The van der Waals surface area contributed by atoms with E-state index in [9.17, 15) is 4.79 Å². The Morgan fingerprint density at radius 2 is 2.32 bits per heavy atom. The summed E-state index contributed by atoms with van der Waals surface area (Å²) in [5, 5.41) is 6.72. The van der Waals surface area contributed by atoms with E-state index in [4.69, 9.17) is 21.1 Å². The molecule has 0 aliphatic carbocycles. The van der Waals surface area contributed by atoms with Gasteiger partial charge >= 0.3 is 0 Å². The molecule has 6 heteroatoms. The molecule has 1 amide bonds. The lowest BCUT2D eigenvalue weighted by molar-refractivity contribution is -0.120. The van der Waals surface area contributed by atoms with Gasteiger partial charge in [-0.2, -0.15) is 0 Å². The summed E-state index contributed by atoms with van der Waals surface area (Å²) < 4.78 is 10.8. The van der Waals surface area contributed by atoms with E-state index in [2.05, 4.69) is 10.6 Å². The summed E-state index contributed by atoms with van der Waals surface area (Å²) >= 11 is 5.96. The van der Waals surface area contributed by atoms with Crippen molar-refractivity contribution in [3.63, 3.8) is 0 Å². The second-order valence-corrected chi connectivity index (χ2v) is 5.73. The Morgan fingerprint density at radius 3 is 3.05 bits per heavy atom. The van der Waals surface area contributed by atoms with Crippen molar-refractivity contribution < 1.29 is 14.3 Å². The SMILES string of the molecule is COc1ccc(Cl)cc1NCCC(=O)NCCC1CCCO1. The molecule has 0 radical (unpaired) electrons. The standard InChI is InChI=1S/C16H23ClN2O3/c1-21-15-5-4-12(17)11-14(15)18-9-7-16(20)19-8-6-13-3-2-10-22-13/h4-5,11,13,18H,2-3,6-10H2,1H3,(H,19,20). The number of amides is 1. The minimum Gasteiger partial charge on any atom is -0.495 e. The lowest BCUT2D eigenvalue weighted by atomic mass is 10.2. The van der Waals surface area contributed by atoms with Crippen LogP contribution in [0.2, 0.25) is 5.02 Å². The molecule has 1 aromatic rings. The van der Waals surface area contributed by atoms with Gasteiger partial charge in [0.05, 0.1) is 18.9 Å². The minimum absolute atomic E-state index is 0.0338. The molecule has 1 atom stereocenters. The van der Waals surface area contributed by atoms with Crippen LogP contribution in [0.15, 0.2) is 18.2 Å². The molecule has 1 unspecified atom stereocenters. The highest BCUT2D eigenvalue weighted by Crippen LogP contribution is 2.27. The van der Waals surface area contributed by atoms with Crippen LogP contribution in [0.25, 0.3) is 0 Å². The van der Waals surface area contributed by atoms with E-state index in [0.717, 1.165) is 31.6 Å². The third-order valence-electron chi connectivity index (χ3n) is 3.64. The van der Waals surface area contributed by atoms with E-state index >= 15 is 0 Å². The fourth-order valence-electron chi connectivity index (χ4n) is 2.46. The first-order valence-electron chi connectivity index (χ1n) is 7.65. The van der Waals surface area contributed by atoms with Gasteiger partial charge in [-0.05, 0) is 37.5 Å². The molecule has 0 saturated carbocycles. The van der Waals surface area contributed by atoms with Gasteiger partial charge in [0.2, 0.25) is 5.91 Å². The van der Waals surface area contributed by atoms with E-state index < -0.39 is 0 Å². The highest BCUT2D eigenvalue weighted by atomic mass is 35.5. The first-order chi connectivity index (χ1) is 10.7. The van der Waals surface area contributed by atoms with Gasteiger partial charge in [0, 0.05) is 31.1 Å². The van der Waals surface area contributed by atoms with Crippen LogP contribution < -0.4 is 15.4 Å². The van der Waals surface area contributed by atoms with E-state index in [-0.39, 0.29) is 5.91 Å². The Kier molecular flexibility index (Phi) is 6.80. The van der Waals surface area contributed by atoms with Gasteiger partial charge in [0.1, 0.15) is 5.75 Å². The van der Waals surface area contributed by atoms with Crippen LogP contribution >= 0.6 is 11.6 Å². The number of methoxy groups -OCH3 is 1. The van der Waals surface area contributed by atoms with Crippen LogP contribution in [0.1, 0.15) is 25.7 Å². The second kappa shape index (κ2) is 8.86. The largest absolute Gasteiger partial charge is 0.495 e. The predicted molar refractivity (Wildman–Crippen MR) is 87.7 cm³/mol. The minimum atomic E-state index is 0.0338.